The van der Waals surface area contributed by atoms with Crippen molar-refractivity contribution in [2.24, 2.45) is 0 Å². The lowest BCUT2D eigenvalue weighted by molar-refractivity contribution is 0.403. The van der Waals surface area contributed by atoms with Crippen LogP contribution in [0, 0.1) is 0 Å². The van der Waals surface area contributed by atoms with Gasteiger partial charge in [0.15, 0.2) is 0 Å². The number of para-hydroxylation sites is 1. The minimum atomic E-state index is 0.440. The quantitative estimate of drug-likeness (QED) is 0.827. The van der Waals surface area contributed by atoms with Gasteiger partial charge in [0.2, 0.25) is 0 Å². The van der Waals surface area contributed by atoms with Crippen LogP contribution >= 0.6 is 0 Å². The second kappa shape index (κ2) is 7.00. The van der Waals surface area contributed by atoms with Crippen LogP contribution in [-0.2, 0) is 13.0 Å². The van der Waals surface area contributed by atoms with E-state index in [4.69, 9.17) is 9.15 Å². The molecule has 19 heavy (non-hydrogen) atoms. The van der Waals surface area contributed by atoms with Gasteiger partial charge in [0.05, 0.1) is 13.4 Å². The summed E-state index contributed by atoms with van der Waals surface area (Å²) in [6.07, 6.45) is 3.75. The van der Waals surface area contributed by atoms with Crippen molar-refractivity contribution in [3.8, 4) is 5.75 Å². The SMILES string of the molecule is COc1ccccc1CNC(C)CCc1ccco1. The van der Waals surface area contributed by atoms with E-state index >= 15 is 0 Å². The molecule has 1 heterocycles. The fourth-order valence-corrected chi connectivity index (χ4v) is 2.05. The van der Waals surface area contributed by atoms with Gasteiger partial charge in [-0.3, -0.25) is 0 Å². The molecule has 1 N–H and O–H groups in total. The monoisotopic (exact) mass is 259 g/mol. The molecule has 0 saturated carbocycles. The van der Waals surface area contributed by atoms with E-state index in [2.05, 4.69) is 18.3 Å². The fourth-order valence-electron chi connectivity index (χ4n) is 2.05. The first-order chi connectivity index (χ1) is 9.29. The van der Waals surface area contributed by atoms with E-state index in [0.29, 0.717) is 6.04 Å². The van der Waals surface area contributed by atoms with Crippen molar-refractivity contribution < 1.29 is 9.15 Å². The molecular formula is C16H21NO2. The Labute approximate surface area is 114 Å². The van der Waals surface area contributed by atoms with Gasteiger partial charge in [0, 0.05) is 24.6 Å². The minimum Gasteiger partial charge on any atom is -0.496 e. The van der Waals surface area contributed by atoms with Gasteiger partial charge in [0.25, 0.3) is 0 Å². The molecule has 0 spiro atoms. The third kappa shape index (κ3) is 4.14. The number of rotatable bonds is 7. The molecule has 0 amide bonds. The van der Waals surface area contributed by atoms with Crippen molar-refractivity contribution in [1.29, 1.82) is 0 Å². The van der Waals surface area contributed by atoms with E-state index in [-0.39, 0.29) is 0 Å². The zero-order valence-electron chi connectivity index (χ0n) is 11.6. The first-order valence-corrected chi connectivity index (χ1v) is 6.67. The number of benzene rings is 1. The third-order valence-corrected chi connectivity index (χ3v) is 3.24. The highest BCUT2D eigenvalue weighted by Gasteiger charge is 2.06. The van der Waals surface area contributed by atoms with Gasteiger partial charge in [-0.05, 0) is 31.5 Å². The summed E-state index contributed by atoms with van der Waals surface area (Å²) in [4.78, 5) is 0. The highest BCUT2D eigenvalue weighted by molar-refractivity contribution is 5.32. The van der Waals surface area contributed by atoms with Gasteiger partial charge in [-0.25, -0.2) is 0 Å². The molecule has 3 nitrogen and oxygen atoms in total. The van der Waals surface area contributed by atoms with Crippen molar-refractivity contribution in [3.05, 3.63) is 54.0 Å². The van der Waals surface area contributed by atoms with E-state index < -0.39 is 0 Å². The first-order valence-electron chi connectivity index (χ1n) is 6.67. The maximum atomic E-state index is 5.34. The Morgan fingerprint density at radius 3 is 2.79 bits per heavy atom. The standard InChI is InChI=1S/C16H21NO2/c1-13(9-10-15-7-5-11-19-15)17-12-14-6-3-4-8-16(14)18-2/h3-8,11,13,17H,9-10,12H2,1-2H3. The predicted octanol–water partition coefficient (Wildman–Crippen LogP) is 3.40. The number of ether oxygens (including phenoxy) is 1. The number of nitrogens with one attached hydrogen (secondary N) is 1. The molecular weight excluding hydrogens is 238 g/mol. The van der Waals surface area contributed by atoms with Crippen molar-refractivity contribution in [2.75, 3.05) is 7.11 Å². The van der Waals surface area contributed by atoms with Crippen LogP contribution in [0.5, 0.6) is 5.75 Å². The first kappa shape index (κ1) is 13.7. The van der Waals surface area contributed by atoms with Gasteiger partial charge >= 0.3 is 0 Å². The van der Waals surface area contributed by atoms with Crippen molar-refractivity contribution in [2.45, 2.75) is 32.4 Å². The summed E-state index contributed by atoms with van der Waals surface area (Å²) >= 11 is 0. The highest BCUT2D eigenvalue weighted by Crippen LogP contribution is 2.17. The summed E-state index contributed by atoms with van der Waals surface area (Å²) in [6.45, 7) is 3.02. The fraction of sp³-hybridized carbons (Fsp3) is 0.375. The second-order valence-electron chi connectivity index (χ2n) is 4.71. The Balaban J connectivity index is 1.78. The van der Waals surface area contributed by atoms with Crippen LogP contribution in [0.4, 0.5) is 0 Å². The molecule has 1 atom stereocenters. The van der Waals surface area contributed by atoms with Crippen molar-refractivity contribution in [3.63, 3.8) is 0 Å². The summed E-state index contributed by atoms with van der Waals surface area (Å²) in [5.41, 5.74) is 1.19. The van der Waals surface area contributed by atoms with E-state index in [0.717, 1.165) is 30.9 Å². The lowest BCUT2D eigenvalue weighted by atomic mass is 10.1. The smallest absolute Gasteiger partial charge is 0.123 e. The molecule has 0 aliphatic carbocycles. The maximum Gasteiger partial charge on any atom is 0.123 e. The van der Waals surface area contributed by atoms with E-state index in [1.54, 1.807) is 13.4 Å². The van der Waals surface area contributed by atoms with Crippen molar-refractivity contribution in [1.82, 2.24) is 5.32 Å². The molecule has 0 bridgehead atoms. The Morgan fingerprint density at radius 2 is 2.05 bits per heavy atom. The zero-order valence-corrected chi connectivity index (χ0v) is 11.6. The van der Waals surface area contributed by atoms with E-state index in [1.807, 2.05) is 30.3 Å². The number of aryl methyl sites for hydroxylation is 1. The van der Waals surface area contributed by atoms with Crippen LogP contribution in [0.3, 0.4) is 0 Å². The third-order valence-electron chi connectivity index (χ3n) is 3.24. The Morgan fingerprint density at radius 1 is 1.21 bits per heavy atom. The summed E-state index contributed by atoms with van der Waals surface area (Å²) < 4.78 is 10.7. The molecule has 3 heteroatoms. The molecule has 1 unspecified atom stereocenters. The van der Waals surface area contributed by atoms with Crippen LogP contribution in [0.2, 0.25) is 0 Å². The lowest BCUT2D eigenvalue weighted by Crippen LogP contribution is -2.26. The van der Waals surface area contributed by atoms with Gasteiger partial charge in [-0.15, -0.1) is 0 Å². The Hall–Kier alpha value is -1.74. The molecule has 0 fully saturated rings. The summed E-state index contributed by atoms with van der Waals surface area (Å²) in [5.74, 6) is 1.99. The molecule has 0 radical (unpaired) electrons. The summed E-state index contributed by atoms with van der Waals surface area (Å²) in [5, 5.41) is 3.51. The average molecular weight is 259 g/mol. The molecule has 0 aliphatic heterocycles. The number of hydrogen-bond donors (Lipinski definition) is 1. The largest absolute Gasteiger partial charge is 0.496 e. The van der Waals surface area contributed by atoms with Gasteiger partial charge in [-0.1, -0.05) is 18.2 Å². The molecule has 1 aromatic heterocycles. The number of methoxy groups -OCH3 is 1. The number of hydrogen-bond acceptors (Lipinski definition) is 3. The predicted molar refractivity (Wildman–Crippen MR) is 76.3 cm³/mol. The van der Waals surface area contributed by atoms with Crippen LogP contribution in [0.25, 0.3) is 0 Å². The average Bonchev–Trinajstić information content (AvgIpc) is 2.96. The van der Waals surface area contributed by atoms with Crippen LogP contribution in [0.1, 0.15) is 24.7 Å². The maximum absolute atomic E-state index is 5.34. The molecule has 0 aliphatic rings. The Kier molecular flexibility index (Phi) is 5.04. The van der Waals surface area contributed by atoms with Gasteiger partial charge < -0.3 is 14.5 Å². The van der Waals surface area contributed by atoms with Crippen LogP contribution in [-0.4, -0.2) is 13.2 Å². The van der Waals surface area contributed by atoms with Gasteiger partial charge in [-0.2, -0.15) is 0 Å². The molecule has 2 aromatic rings. The van der Waals surface area contributed by atoms with Crippen LogP contribution in [0.15, 0.2) is 47.1 Å². The van der Waals surface area contributed by atoms with Crippen LogP contribution < -0.4 is 10.1 Å². The minimum absolute atomic E-state index is 0.440. The van der Waals surface area contributed by atoms with E-state index in [9.17, 15) is 0 Å². The second-order valence-corrected chi connectivity index (χ2v) is 4.71. The topological polar surface area (TPSA) is 34.4 Å². The molecule has 0 saturated heterocycles. The van der Waals surface area contributed by atoms with Crippen molar-refractivity contribution >= 4 is 0 Å². The zero-order chi connectivity index (χ0) is 13.5. The molecule has 2 rings (SSSR count). The molecule has 1 aromatic carbocycles. The highest BCUT2D eigenvalue weighted by atomic mass is 16.5. The van der Waals surface area contributed by atoms with Gasteiger partial charge in [0.1, 0.15) is 11.5 Å². The normalized spacial score (nSPS) is 12.3. The summed E-state index contributed by atoms with van der Waals surface area (Å²) in [6, 6.07) is 12.5. The summed E-state index contributed by atoms with van der Waals surface area (Å²) in [7, 11) is 1.71. The Bertz CT molecular complexity index is 479. The lowest BCUT2D eigenvalue weighted by Gasteiger charge is -2.14. The van der Waals surface area contributed by atoms with E-state index in [1.165, 1.54) is 5.56 Å². The molecule has 102 valence electrons. The number of furan rings is 1.